The SMILES string of the molecule is CCc1ccc(NC(=O)COC(=O)c2sc3cc(Cl)ccc3c2Cl)cc1. The van der Waals surface area contributed by atoms with E-state index in [0.29, 0.717) is 15.7 Å². The highest BCUT2D eigenvalue weighted by atomic mass is 35.5. The molecule has 0 atom stereocenters. The molecule has 0 radical (unpaired) electrons. The van der Waals surface area contributed by atoms with Crippen LogP contribution in [0, 0.1) is 0 Å². The van der Waals surface area contributed by atoms with Gasteiger partial charge < -0.3 is 10.1 Å². The van der Waals surface area contributed by atoms with Gasteiger partial charge in [0.05, 0.1) is 5.02 Å². The van der Waals surface area contributed by atoms with Crippen molar-refractivity contribution in [1.29, 1.82) is 0 Å². The van der Waals surface area contributed by atoms with Crippen molar-refractivity contribution in [2.75, 3.05) is 11.9 Å². The molecule has 134 valence electrons. The number of anilines is 1. The third-order valence-electron chi connectivity index (χ3n) is 3.76. The summed E-state index contributed by atoms with van der Waals surface area (Å²) in [6, 6.07) is 12.7. The summed E-state index contributed by atoms with van der Waals surface area (Å²) in [5.41, 5.74) is 1.83. The van der Waals surface area contributed by atoms with E-state index in [2.05, 4.69) is 12.2 Å². The molecule has 26 heavy (non-hydrogen) atoms. The fraction of sp³-hybridized carbons (Fsp3) is 0.158. The summed E-state index contributed by atoms with van der Waals surface area (Å²) >= 11 is 13.4. The monoisotopic (exact) mass is 407 g/mol. The Morgan fingerprint density at radius 2 is 1.85 bits per heavy atom. The molecule has 0 saturated carbocycles. The second-order valence-electron chi connectivity index (χ2n) is 5.56. The average Bonchev–Trinajstić information content (AvgIpc) is 2.96. The molecule has 0 aliphatic rings. The van der Waals surface area contributed by atoms with Crippen LogP contribution in [-0.4, -0.2) is 18.5 Å². The molecule has 1 amide bonds. The van der Waals surface area contributed by atoms with Gasteiger partial charge in [0.1, 0.15) is 4.88 Å². The number of hydrogen-bond acceptors (Lipinski definition) is 4. The molecule has 0 aliphatic carbocycles. The number of rotatable bonds is 5. The second-order valence-corrected chi connectivity index (χ2v) is 7.43. The van der Waals surface area contributed by atoms with Crippen LogP contribution in [-0.2, 0) is 16.0 Å². The summed E-state index contributed by atoms with van der Waals surface area (Å²) in [6.07, 6.45) is 0.924. The molecule has 1 heterocycles. The summed E-state index contributed by atoms with van der Waals surface area (Å²) in [4.78, 5) is 24.5. The van der Waals surface area contributed by atoms with Crippen LogP contribution in [0.5, 0.6) is 0 Å². The number of nitrogens with one attached hydrogen (secondary N) is 1. The van der Waals surface area contributed by atoms with Crippen molar-refractivity contribution in [2.45, 2.75) is 13.3 Å². The van der Waals surface area contributed by atoms with Crippen molar-refractivity contribution >= 4 is 62.2 Å². The van der Waals surface area contributed by atoms with Crippen LogP contribution in [0.25, 0.3) is 10.1 Å². The lowest BCUT2D eigenvalue weighted by atomic mass is 10.1. The third kappa shape index (κ3) is 4.18. The number of aryl methyl sites for hydroxylation is 1. The van der Waals surface area contributed by atoms with Gasteiger partial charge in [0, 0.05) is 20.8 Å². The van der Waals surface area contributed by atoms with Gasteiger partial charge in [-0.2, -0.15) is 0 Å². The van der Waals surface area contributed by atoms with E-state index in [1.807, 2.05) is 24.3 Å². The van der Waals surface area contributed by atoms with Crippen LogP contribution < -0.4 is 5.32 Å². The molecular weight excluding hydrogens is 393 g/mol. The quantitative estimate of drug-likeness (QED) is 0.562. The summed E-state index contributed by atoms with van der Waals surface area (Å²) < 4.78 is 5.88. The third-order valence-corrected chi connectivity index (χ3v) is 5.63. The molecule has 2 aromatic carbocycles. The van der Waals surface area contributed by atoms with Gasteiger partial charge in [0.2, 0.25) is 0 Å². The zero-order chi connectivity index (χ0) is 18.7. The van der Waals surface area contributed by atoms with Crippen molar-refractivity contribution < 1.29 is 14.3 Å². The molecule has 0 spiro atoms. The molecule has 0 saturated heterocycles. The molecule has 0 aliphatic heterocycles. The molecule has 1 N–H and O–H groups in total. The topological polar surface area (TPSA) is 55.4 Å². The second kappa shape index (κ2) is 8.08. The summed E-state index contributed by atoms with van der Waals surface area (Å²) in [7, 11) is 0. The lowest BCUT2D eigenvalue weighted by Gasteiger charge is -2.07. The standard InChI is InChI=1S/C19H15Cl2NO3S/c1-2-11-3-6-13(7-4-11)22-16(23)10-25-19(24)18-17(21)14-8-5-12(20)9-15(14)26-18/h3-9H,2,10H2,1H3,(H,22,23). The van der Waals surface area contributed by atoms with Crippen molar-refractivity contribution in [2.24, 2.45) is 0 Å². The number of benzene rings is 2. The van der Waals surface area contributed by atoms with E-state index < -0.39 is 11.9 Å². The number of fused-ring (bicyclic) bond motifs is 1. The Bertz CT molecular complexity index is 967. The lowest BCUT2D eigenvalue weighted by molar-refractivity contribution is -0.119. The molecule has 0 unspecified atom stereocenters. The number of amides is 1. The number of esters is 1. The Morgan fingerprint density at radius 1 is 1.12 bits per heavy atom. The maximum absolute atomic E-state index is 12.3. The fourth-order valence-electron chi connectivity index (χ4n) is 2.39. The maximum Gasteiger partial charge on any atom is 0.350 e. The summed E-state index contributed by atoms with van der Waals surface area (Å²) in [5.74, 6) is -1.05. The predicted molar refractivity (Wildman–Crippen MR) is 107 cm³/mol. The first-order valence-electron chi connectivity index (χ1n) is 7.91. The van der Waals surface area contributed by atoms with Gasteiger partial charge in [-0.25, -0.2) is 4.79 Å². The van der Waals surface area contributed by atoms with E-state index in [1.165, 1.54) is 16.9 Å². The van der Waals surface area contributed by atoms with Gasteiger partial charge in [-0.3, -0.25) is 4.79 Å². The number of halogens is 2. The molecule has 7 heteroatoms. The van der Waals surface area contributed by atoms with Gasteiger partial charge in [0.15, 0.2) is 6.61 Å². The Labute approximate surface area is 164 Å². The van der Waals surface area contributed by atoms with Gasteiger partial charge in [-0.15, -0.1) is 11.3 Å². The Morgan fingerprint density at radius 3 is 2.54 bits per heavy atom. The van der Waals surface area contributed by atoms with Gasteiger partial charge >= 0.3 is 5.97 Å². The Hall–Kier alpha value is -2.08. The largest absolute Gasteiger partial charge is 0.451 e. The molecule has 0 fully saturated rings. The predicted octanol–water partition coefficient (Wildman–Crippen LogP) is 5.57. The molecule has 3 aromatic rings. The number of carbonyl (C=O) groups is 2. The first-order valence-corrected chi connectivity index (χ1v) is 9.48. The van der Waals surface area contributed by atoms with Gasteiger partial charge in [-0.1, -0.05) is 48.3 Å². The van der Waals surface area contributed by atoms with E-state index in [-0.39, 0.29) is 11.5 Å². The molecular formula is C19H15Cl2NO3S. The van der Waals surface area contributed by atoms with Crippen molar-refractivity contribution in [1.82, 2.24) is 0 Å². The molecule has 0 bridgehead atoms. The highest BCUT2D eigenvalue weighted by Crippen LogP contribution is 2.37. The van der Waals surface area contributed by atoms with Crippen molar-refractivity contribution in [3.8, 4) is 0 Å². The molecule has 4 nitrogen and oxygen atoms in total. The van der Waals surface area contributed by atoms with Gasteiger partial charge in [0.25, 0.3) is 5.91 Å². The minimum absolute atomic E-state index is 0.254. The van der Waals surface area contributed by atoms with E-state index >= 15 is 0 Å². The Balaban J connectivity index is 1.63. The van der Waals surface area contributed by atoms with E-state index in [9.17, 15) is 9.59 Å². The smallest absolute Gasteiger partial charge is 0.350 e. The first kappa shape index (κ1) is 18.7. The molecule has 1 aromatic heterocycles. The van der Waals surface area contributed by atoms with Crippen molar-refractivity contribution in [3.63, 3.8) is 0 Å². The lowest BCUT2D eigenvalue weighted by Crippen LogP contribution is -2.20. The van der Waals surface area contributed by atoms with Crippen LogP contribution in [0.3, 0.4) is 0 Å². The van der Waals surface area contributed by atoms with Crippen LogP contribution in [0.15, 0.2) is 42.5 Å². The molecule has 3 rings (SSSR count). The van der Waals surface area contributed by atoms with Crippen LogP contribution in [0.1, 0.15) is 22.2 Å². The zero-order valence-electron chi connectivity index (χ0n) is 13.8. The zero-order valence-corrected chi connectivity index (χ0v) is 16.2. The number of hydrogen-bond donors (Lipinski definition) is 1. The van der Waals surface area contributed by atoms with E-state index in [4.69, 9.17) is 27.9 Å². The Kier molecular flexibility index (Phi) is 5.81. The maximum atomic E-state index is 12.3. The highest BCUT2D eigenvalue weighted by molar-refractivity contribution is 7.21. The van der Waals surface area contributed by atoms with Gasteiger partial charge in [-0.05, 0) is 36.2 Å². The van der Waals surface area contributed by atoms with E-state index in [1.54, 1.807) is 18.2 Å². The highest BCUT2D eigenvalue weighted by Gasteiger charge is 2.19. The minimum atomic E-state index is -0.635. The van der Waals surface area contributed by atoms with Crippen LogP contribution in [0.4, 0.5) is 5.69 Å². The first-order chi connectivity index (χ1) is 12.5. The van der Waals surface area contributed by atoms with Crippen LogP contribution in [0.2, 0.25) is 10.0 Å². The number of carbonyl (C=O) groups excluding carboxylic acids is 2. The summed E-state index contributed by atoms with van der Waals surface area (Å²) in [6.45, 7) is 1.67. The average molecular weight is 408 g/mol. The number of ether oxygens (including phenoxy) is 1. The van der Waals surface area contributed by atoms with Crippen LogP contribution >= 0.6 is 34.5 Å². The van der Waals surface area contributed by atoms with E-state index in [0.717, 1.165) is 16.5 Å². The van der Waals surface area contributed by atoms with Crippen molar-refractivity contribution in [3.05, 3.63) is 63.0 Å². The number of thiophene rings is 1. The fourth-order valence-corrected chi connectivity index (χ4v) is 4.07. The minimum Gasteiger partial charge on any atom is -0.451 e. The normalized spacial score (nSPS) is 10.7. The summed E-state index contributed by atoms with van der Waals surface area (Å²) in [5, 5.41) is 4.28.